The summed E-state index contributed by atoms with van der Waals surface area (Å²) in [7, 11) is 0. The molecular formula is C16H12FN3O2. The van der Waals surface area contributed by atoms with Crippen LogP contribution in [0.1, 0.15) is 21.5 Å². The van der Waals surface area contributed by atoms with E-state index in [2.05, 4.69) is 10.9 Å². The number of nitriles is 1. The maximum absolute atomic E-state index is 12.7. The Labute approximate surface area is 126 Å². The zero-order valence-corrected chi connectivity index (χ0v) is 11.5. The van der Waals surface area contributed by atoms with Gasteiger partial charge in [0, 0.05) is 5.56 Å². The Balaban J connectivity index is 1.89. The van der Waals surface area contributed by atoms with E-state index in [1.165, 1.54) is 36.4 Å². The molecule has 0 unspecified atom stereocenters. The van der Waals surface area contributed by atoms with Crippen molar-refractivity contribution in [3.05, 3.63) is 71.0 Å². The number of nitrogens with zero attached hydrogens (tertiary/aromatic N) is 1. The quantitative estimate of drug-likeness (QED) is 0.846. The minimum absolute atomic E-state index is 0.0127. The number of carbonyl (C=O) groups is 2. The highest BCUT2D eigenvalue weighted by Gasteiger charge is 2.08. The second-order valence-electron chi connectivity index (χ2n) is 4.50. The van der Waals surface area contributed by atoms with Crippen molar-refractivity contribution in [2.75, 3.05) is 0 Å². The van der Waals surface area contributed by atoms with Gasteiger partial charge in [-0.3, -0.25) is 20.4 Å². The highest BCUT2D eigenvalue weighted by molar-refractivity contribution is 5.95. The maximum Gasteiger partial charge on any atom is 0.269 e. The fourth-order valence-electron chi connectivity index (χ4n) is 1.76. The second kappa shape index (κ2) is 6.99. The lowest BCUT2D eigenvalue weighted by molar-refractivity contribution is -0.121. The minimum atomic E-state index is -0.524. The molecule has 0 aromatic heterocycles. The van der Waals surface area contributed by atoms with Crippen molar-refractivity contribution in [1.82, 2.24) is 10.9 Å². The molecule has 0 spiro atoms. The van der Waals surface area contributed by atoms with E-state index in [-0.39, 0.29) is 17.8 Å². The summed E-state index contributed by atoms with van der Waals surface area (Å²) in [6.45, 7) is 0. The molecule has 5 nitrogen and oxygen atoms in total. The number of hydrazine groups is 1. The van der Waals surface area contributed by atoms with Gasteiger partial charge in [0.2, 0.25) is 5.91 Å². The molecule has 0 bridgehead atoms. The first-order valence-electron chi connectivity index (χ1n) is 6.42. The molecule has 2 aromatic rings. The van der Waals surface area contributed by atoms with E-state index in [4.69, 9.17) is 5.26 Å². The van der Waals surface area contributed by atoms with Gasteiger partial charge in [-0.05, 0) is 35.9 Å². The van der Waals surface area contributed by atoms with Gasteiger partial charge >= 0.3 is 0 Å². The largest absolute Gasteiger partial charge is 0.273 e. The first-order chi connectivity index (χ1) is 10.6. The Kier molecular flexibility index (Phi) is 4.83. The fourth-order valence-corrected chi connectivity index (χ4v) is 1.76. The smallest absolute Gasteiger partial charge is 0.269 e. The number of carbonyl (C=O) groups excluding carboxylic acids is 2. The molecule has 0 aliphatic heterocycles. The summed E-state index contributed by atoms with van der Waals surface area (Å²) in [6, 6.07) is 13.5. The van der Waals surface area contributed by atoms with Crippen LogP contribution in [-0.4, -0.2) is 11.8 Å². The van der Waals surface area contributed by atoms with Crippen LogP contribution in [0, 0.1) is 17.1 Å². The number of amides is 2. The molecule has 0 saturated heterocycles. The van der Waals surface area contributed by atoms with Gasteiger partial charge < -0.3 is 0 Å². The number of hydrogen-bond acceptors (Lipinski definition) is 3. The first-order valence-corrected chi connectivity index (χ1v) is 6.42. The van der Waals surface area contributed by atoms with Crippen molar-refractivity contribution in [2.45, 2.75) is 6.42 Å². The third-order valence-electron chi connectivity index (χ3n) is 2.85. The van der Waals surface area contributed by atoms with Gasteiger partial charge in [-0.2, -0.15) is 5.26 Å². The molecule has 2 rings (SSSR count). The summed E-state index contributed by atoms with van der Waals surface area (Å²) in [4.78, 5) is 23.5. The Bertz CT molecular complexity index is 736. The van der Waals surface area contributed by atoms with E-state index in [0.29, 0.717) is 11.1 Å². The molecule has 0 aliphatic carbocycles. The van der Waals surface area contributed by atoms with Crippen molar-refractivity contribution in [2.24, 2.45) is 0 Å². The third-order valence-corrected chi connectivity index (χ3v) is 2.85. The standard InChI is InChI=1S/C16H12FN3O2/c17-14-6-4-11(5-7-14)9-15(21)19-20-16(22)13-3-1-2-12(8-13)10-18/h1-8H,9H2,(H,19,21)(H,20,22). The maximum atomic E-state index is 12.7. The molecule has 2 N–H and O–H groups in total. The lowest BCUT2D eigenvalue weighted by atomic mass is 10.1. The minimum Gasteiger partial charge on any atom is -0.273 e. The molecular weight excluding hydrogens is 285 g/mol. The molecule has 0 saturated carbocycles. The number of nitrogens with one attached hydrogen (secondary N) is 2. The Hall–Kier alpha value is -3.20. The molecule has 0 atom stereocenters. The number of rotatable bonds is 3. The van der Waals surface area contributed by atoms with Crippen LogP contribution >= 0.6 is 0 Å². The van der Waals surface area contributed by atoms with Gasteiger partial charge in [0.1, 0.15) is 5.82 Å². The molecule has 2 amide bonds. The summed E-state index contributed by atoms with van der Waals surface area (Å²) >= 11 is 0. The van der Waals surface area contributed by atoms with Crippen LogP contribution in [0.4, 0.5) is 4.39 Å². The van der Waals surface area contributed by atoms with Crippen LogP contribution in [0.2, 0.25) is 0 Å². The number of benzene rings is 2. The van der Waals surface area contributed by atoms with Crippen LogP contribution in [0.3, 0.4) is 0 Å². The average Bonchev–Trinajstić information content (AvgIpc) is 2.55. The lowest BCUT2D eigenvalue weighted by Crippen LogP contribution is -2.42. The van der Waals surface area contributed by atoms with Crippen LogP contribution in [-0.2, 0) is 11.2 Å². The van der Waals surface area contributed by atoms with E-state index >= 15 is 0 Å². The highest BCUT2D eigenvalue weighted by atomic mass is 19.1. The average molecular weight is 297 g/mol. The summed E-state index contributed by atoms with van der Waals surface area (Å²) in [6.07, 6.45) is 0.0127. The van der Waals surface area contributed by atoms with E-state index < -0.39 is 11.8 Å². The van der Waals surface area contributed by atoms with Gasteiger partial charge in [0.05, 0.1) is 18.1 Å². The monoisotopic (exact) mass is 297 g/mol. The van der Waals surface area contributed by atoms with E-state index in [0.717, 1.165) is 0 Å². The van der Waals surface area contributed by atoms with Crippen LogP contribution in [0.25, 0.3) is 0 Å². The zero-order chi connectivity index (χ0) is 15.9. The Morgan fingerprint density at radius 1 is 1.09 bits per heavy atom. The number of hydrogen-bond donors (Lipinski definition) is 2. The van der Waals surface area contributed by atoms with Crippen molar-refractivity contribution in [1.29, 1.82) is 5.26 Å². The summed E-state index contributed by atoms with van der Waals surface area (Å²) < 4.78 is 12.7. The molecule has 0 fully saturated rings. The predicted molar refractivity (Wildman–Crippen MR) is 76.9 cm³/mol. The molecule has 2 aromatic carbocycles. The van der Waals surface area contributed by atoms with Gasteiger partial charge in [-0.15, -0.1) is 0 Å². The SMILES string of the molecule is N#Cc1cccc(C(=O)NNC(=O)Cc2ccc(F)cc2)c1. The molecule has 0 radical (unpaired) electrons. The Morgan fingerprint density at radius 2 is 1.82 bits per heavy atom. The zero-order valence-electron chi connectivity index (χ0n) is 11.5. The molecule has 22 heavy (non-hydrogen) atoms. The highest BCUT2D eigenvalue weighted by Crippen LogP contribution is 2.04. The molecule has 110 valence electrons. The van der Waals surface area contributed by atoms with Crippen LogP contribution < -0.4 is 10.9 Å². The van der Waals surface area contributed by atoms with Crippen molar-refractivity contribution >= 4 is 11.8 Å². The second-order valence-corrected chi connectivity index (χ2v) is 4.50. The predicted octanol–water partition coefficient (Wildman–Crippen LogP) is 1.70. The van der Waals surface area contributed by atoms with Gasteiger partial charge in [-0.25, -0.2) is 4.39 Å². The lowest BCUT2D eigenvalue weighted by Gasteiger charge is -2.07. The van der Waals surface area contributed by atoms with Crippen molar-refractivity contribution < 1.29 is 14.0 Å². The topological polar surface area (TPSA) is 82.0 Å². The van der Waals surface area contributed by atoms with Crippen LogP contribution in [0.5, 0.6) is 0 Å². The van der Waals surface area contributed by atoms with E-state index in [9.17, 15) is 14.0 Å². The fraction of sp³-hybridized carbons (Fsp3) is 0.0625. The van der Waals surface area contributed by atoms with E-state index in [1.54, 1.807) is 12.1 Å². The molecule has 0 aliphatic rings. The Morgan fingerprint density at radius 3 is 2.50 bits per heavy atom. The summed E-state index contributed by atoms with van der Waals surface area (Å²) in [5.41, 5.74) is 5.77. The molecule has 6 heteroatoms. The van der Waals surface area contributed by atoms with Crippen molar-refractivity contribution in [3.63, 3.8) is 0 Å². The molecule has 0 heterocycles. The van der Waals surface area contributed by atoms with E-state index in [1.807, 2.05) is 6.07 Å². The van der Waals surface area contributed by atoms with Crippen LogP contribution in [0.15, 0.2) is 48.5 Å². The summed E-state index contributed by atoms with van der Waals surface area (Å²) in [5.74, 6) is -1.34. The number of halogens is 1. The third kappa shape index (κ3) is 4.15. The summed E-state index contributed by atoms with van der Waals surface area (Å²) in [5, 5.41) is 8.77. The normalized spacial score (nSPS) is 9.64. The van der Waals surface area contributed by atoms with Gasteiger partial charge in [0.15, 0.2) is 0 Å². The van der Waals surface area contributed by atoms with Gasteiger partial charge in [0.25, 0.3) is 5.91 Å². The first kappa shape index (κ1) is 15.2. The van der Waals surface area contributed by atoms with Crippen molar-refractivity contribution in [3.8, 4) is 6.07 Å². The van der Waals surface area contributed by atoms with Gasteiger partial charge in [-0.1, -0.05) is 18.2 Å².